The number of piperidine rings is 1. The molecule has 104 valence electrons. The summed E-state index contributed by atoms with van der Waals surface area (Å²) < 4.78 is 8.40. The van der Waals surface area contributed by atoms with Crippen molar-refractivity contribution in [1.29, 1.82) is 0 Å². The van der Waals surface area contributed by atoms with Gasteiger partial charge in [0.25, 0.3) is 0 Å². The number of hydrogen-bond donors (Lipinski definition) is 0. The molecular formula is C19H23N. The molecule has 0 spiro atoms. The van der Waals surface area contributed by atoms with Gasteiger partial charge in [0, 0.05) is 7.41 Å². The summed E-state index contributed by atoms with van der Waals surface area (Å²) in [5, 5.41) is 0. The molecule has 2 aromatic carbocycles. The lowest BCUT2D eigenvalue weighted by molar-refractivity contribution is 0.162. The zero-order valence-corrected chi connectivity index (χ0v) is 11.9. The Hall–Kier alpha value is -1.60. The fourth-order valence-corrected chi connectivity index (χ4v) is 3.01. The molecule has 0 saturated carbocycles. The Balaban J connectivity index is 1.87. The fourth-order valence-electron chi connectivity index (χ4n) is 3.01. The van der Waals surface area contributed by atoms with Crippen LogP contribution in [0, 0.1) is 0 Å². The average molecular weight is 266 g/mol. The van der Waals surface area contributed by atoms with Gasteiger partial charge in [-0.05, 0) is 43.5 Å². The lowest BCUT2D eigenvalue weighted by Gasteiger charge is -2.35. The van der Waals surface area contributed by atoms with Gasteiger partial charge < -0.3 is 0 Å². The van der Waals surface area contributed by atoms with E-state index < -0.39 is 0 Å². The molecule has 2 aromatic rings. The Morgan fingerprint density at radius 1 is 0.900 bits per heavy atom. The second-order valence-corrected chi connectivity index (χ2v) is 5.53. The van der Waals surface area contributed by atoms with Crippen molar-refractivity contribution in [3.05, 3.63) is 71.8 Å². The first kappa shape index (κ1) is 12.2. The van der Waals surface area contributed by atoms with Crippen LogP contribution in [0.3, 0.4) is 0 Å². The second-order valence-electron chi connectivity index (χ2n) is 5.53. The molecule has 1 saturated heterocycles. The van der Waals surface area contributed by atoms with E-state index in [1.54, 1.807) is 0 Å². The van der Waals surface area contributed by atoms with Crippen LogP contribution >= 0.6 is 0 Å². The van der Waals surface area contributed by atoms with Gasteiger partial charge in [0.1, 0.15) is 0 Å². The summed E-state index contributed by atoms with van der Waals surface area (Å²) in [6.45, 7) is 0.980. The van der Waals surface area contributed by atoms with Gasteiger partial charge in [0.15, 0.2) is 0 Å². The highest BCUT2D eigenvalue weighted by Gasteiger charge is 2.22. The summed E-state index contributed by atoms with van der Waals surface area (Å²) in [6.07, 6.45) is 4.39. The van der Waals surface area contributed by atoms with Gasteiger partial charge in [-0.25, -0.2) is 0 Å². The minimum absolute atomic E-state index is 0.0623. The van der Waals surface area contributed by atoms with Crippen molar-refractivity contribution in [1.82, 2.24) is 4.90 Å². The van der Waals surface area contributed by atoms with Crippen molar-refractivity contribution >= 4 is 0 Å². The van der Waals surface area contributed by atoms with Gasteiger partial charge in [0.2, 0.25) is 0 Å². The van der Waals surface area contributed by atoms with Gasteiger partial charge in [-0.3, -0.25) is 4.90 Å². The molecular weight excluding hydrogens is 242 g/mol. The second kappa shape index (κ2) is 6.71. The fraction of sp³-hybridized carbons (Fsp3) is 0.368. The lowest BCUT2D eigenvalue weighted by Crippen LogP contribution is -2.34. The minimum Gasteiger partial charge on any atom is -0.296 e. The summed E-state index contributed by atoms with van der Waals surface area (Å²) in [6, 6.07) is 21.7. The van der Waals surface area contributed by atoms with E-state index >= 15 is 0 Å². The van der Waals surface area contributed by atoms with E-state index in [-0.39, 0.29) is 6.52 Å². The third-order valence-electron chi connectivity index (χ3n) is 4.09. The van der Waals surface area contributed by atoms with Gasteiger partial charge in [0.05, 0.1) is 0 Å². The largest absolute Gasteiger partial charge is 0.296 e. The van der Waals surface area contributed by atoms with E-state index in [2.05, 4.69) is 65.6 Å². The van der Waals surface area contributed by atoms with Crippen molar-refractivity contribution in [2.24, 2.45) is 0 Å². The highest BCUT2D eigenvalue weighted by molar-refractivity contribution is 5.24. The third kappa shape index (κ3) is 3.29. The number of nitrogens with zero attached hydrogens (tertiary/aromatic N) is 1. The van der Waals surface area contributed by atoms with E-state index in [9.17, 15) is 0 Å². The highest BCUT2D eigenvalue weighted by Crippen LogP contribution is 2.27. The molecule has 1 heterocycles. The van der Waals surface area contributed by atoms with E-state index in [1.165, 1.54) is 24.0 Å². The number of likely N-dealkylation sites (tertiary alicyclic amines) is 1. The monoisotopic (exact) mass is 266 g/mol. The smallest absolute Gasteiger partial charge is 0.0431 e. The molecule has 20 heavy (non-hydrogen) atoms. The molecule has 0 N–H and O–H groups in total. The summed E-state index contributed by atoms with van der Waals surface area (Å²) in [5.41, 5.74) is 2.68. The van der Waals surface area contributed by atoms with Crippen molar-refractivity contribution in [2.75, 3.05) is 13.1 Å². The maximum Gasteiger partial charge on any atom is 0.0431 e. The first-order valence-corrected chi connectivity index (χ1v) is 7.61. The van der Waals surface area contributed by atoms with Crippen LogP contribution in [0.25, 0.3) is 0 Å². The summed E-state index contributed by atoms with van der Waals surface area (Å²) >= 11 is 0. The van der Waals surface area contributed by atoms with Crippen LogP contribution in [0.2, 0.25) is 0 Å². The van der Waals surface area contributed by atoms with Crippen LogP contribution in [0.4, 0.5) is 0 Å². The van der Waals surface area contributed by atoms with Crippen LogP contribution in [-0.2, 0) is 6.42 Å². The molecule has 0 bridgehead atoms. The Morgan fingerprint density at radius 3 is 2.30 bits per heavy atom. The van der Waals surface area contributed by atoms with Gasteiger partial charge >= 0.3 is 0 Å². The van der Waals surface area contributed by atoms with E-state index in [0.717, 1.165) is 19.4 Å². The predicted octanol–water partition coefficient (Wildman–Crippen LogP) is 4.46. The van der Waals surface area contributed by atoms with Crippen LogP contribution < -0.4 is 0 Å². The van der Waals surface area contributed by atoms with Crippen molar-refractivity contribution in [3.63, 3.8) is 0 Å². The minimum atomic E-state index is -0.0623. The molecule has 0 amide bonds. The molecule has 0 aliphatic carbocycles. The summed E-state index contributed by atoms with van der Waals surface area (Å²) in [7, 11) is 0. The van der Waals surface area contributed by atoms with Gasteiger partial charge in [-0.2, -0.15) is 0 Å². The Labute approximate surface area is 123 Å². The Kier molecular flexibility index (Phi) is 4.08. The SMILES string of the molecule is [2H]C1CCCCN1C(Cc1ccccc1)c1ccccc1. The molecule has 1 aliphatic rings. The average Bonchev–Trinajstić information content (AvgIpc) is 2.55. The van der Waals surface area contributed by atoms with E-state index in [4.69, 9.17) is 1.37 Å². The maximum atomic E-state index is 8.40. The summed E-state index contributed by atoms with van der Waals surface area (Å²) in [5.74, 6) is 0. The molecule has 2 unspecified atom stereocenters. The molecule has 0 aromatic heterocycles. The third-order valence-corrected chi connectivity index (χ3v) is 4.09. The van der Waals surface area contributed by atoms with Crippen LogP contribution in [0.15, 0.2) is 60.7 Å². The predicted molar refractivity (Wildman–Crippen MR) is 84.8 cm³/mol. The van der Waals surface area contributed by atoms with Crippen molar-refractivity contribution in [2.45, 2.75) is 31.7 Å². The normalized spacial score (nSPS) is 22.2. The molecule has 0 radical (unpaired) electrons. The van der Waals surface area contributed by atoms with Gasteiger partial charge in [-0.15, -0.1) is 0 Å². The number of benzene rings is 2. The van der Waals surface area contributed by atoms with Crippen LogP contribution in [0.1, 0.15) is 37.8 Å². The number of hydrogen-bond acceptors (Lipinski definition) is 1. The van der Waals surface area contributed by atoms with Crippen molar-refractivity contribution < 1.29 is 1.37 Å². The standard InChI is InChI=1S/C19H23N/c1-4-10-17(11-5-1)16-19(18-12-6-2-7-13-18)20-14-8-3-9-15-20/h1-2,4-7,10-13,19H,3,8-9,14-16H2/i14D. The first-order chi connectivity index (χ1) is 10.3. The zero-order valence-electron chi connectivity index (χ0n) is 12.9. The van der Waals surface area contributed by atoms with Crippen LogP contribution in [0.5, 0.6) is 0 Å². The Bertz CT molecular complexity index is 540. The van der Waals surface area contributed by atoms with Crippen molar-refractivity contribution in [3.8, 4) is 0 Å². The molecule has 1 fully saturated rings. The molecule has 1 aliphatic heterocycles. The quantitative estimate of drug-likeness (QED) is 0.790. The van der Waals surface area contributed by atoms with E-state index in [0.29, 0.717) is 6.04 Å². The van der Waals surface area contributed by atoms with Crippen LogP contribution in [-0.4, -0.2) is 18.0 Å². The Morgan fingerprint density at radius 2 is 1.60 bits per heavy atom. The summed E-state index contributed by atoms with van der Waals surface area (Å²) in [4.78, 5) is 2.38. The highest BCUT2D eigenvalue weighted by atomic mass is 15.2. The topological polar surface area (TPSA) is 3.24 Å². The molecule has 3 rings (SSSR count). The molecule has 1 nitrogen and oxygen atoms in total. The molecule has 1 heteroatoms. The molecule has 2 atom stereocenters. The maximum absolute atomic E-state index is 8.40. The number of rotatable bonds is 4. The first-order valence-electron chi connectivity index (χ1n) is 8.19. The zero-order chi connectivity index (χ0) is 14.5. The van der Waals surface area contributed by atoms with E-state index in [1.807, 2.05) is 0 Å². The lowest BCUT2D eigenvalue weighted by atomic mass is 9.95. The van der Waals surface area contributed by atoms with Gasteiger partial charge in [-0.1, -0.05) is 67.1 Å².